The average molecular weight is 1240 g/mol. The summed E-state index contributed by atoms with van der Waals surface area (Å²) in [5, 5.41) is 112. The van der Waals surface area contributed by atoms with E-state index in [1.807, 2.05) is 0 Å². The zero-order chi connectivity index (χ0) is 63.5. The van der Waals surface area contributed by atoms with Gasteiger partial charge >= 0.3 is 5.97 Å². The number of fused-ring (bicyclic) bond motifs is 2. The van der Waals surface area contributed by atoms with Crippen molar-refractivity contribution in [1.82, 2.24) is 0 Å². The third-order valence-electron chi connectivity index (χ3n) is 18.1. The Hall–Kier alpha value is -3.81. The molecule has 10 N–H and O–H groups in total. The molecule has 6 aliphatic rings. The molecule has 25 heteroatoms. The molecule has 25 atom stereocenters. The highest BCUT2D eigenvalue weighted by Crippen LogP contribution is 2.48. The Kier molecular flexibility index (Phi) is 23.5. The number of rotatable bonds is 24. The van der Waals surface area contributed by atoms with Gasteiger partial charge < -0.3 is 108 Å². The molecule has 0 bridgehead atoms. The fraction of sp³-hybridized carbons (Fsp3) is 0.790. The second-order valence-corrected chi connectivity index (χ2v) is 25.0. The number of aliphatic hydroxyl groups excluding tert-OH is 7. The van der Waals surface area contributed by atoms with E-state index >= 15 is 4.79 Å². The van der Waals surface area contributed by atoms with Gasteiger partial charge in [-0.15, -0.1) is 0 Å². The van der Waals surface area contributed by atoms with Crippen LogP contribution in [0.25, 0.3) is 10.8 Å². The number of carbonyl (C=O) groups excluding carboxylic acids is 3. The minimum atomic E-state index is -1.96. The van der Waals surface area contributed by atoms with Crippen molar-refractivity contribution in [3.05, 3.63) is 28.8 Å². The fourth-order valence-corrected chi connectivity index (χ4v) is 12.9. The highest BCUT2D eigenvalue weighted by Gasteiger charge is 2.52. The molecular formula is C62H94O25. The summed E-state index contributed by atoms with van der Waals surface area (Å²) < 4.78 is 73.2. The molecule has 5 unspecified atom stereocenters. The summed E-state index contributed by atoms with van der Waals surface area (Å²) in [6, 6.07) is 3.05. The monoisotopic (exact) mass is 1240 g/mol. The maximum atomic E-state index is 15.1. The quantitative estimate of drug-likeness (QED) is 0.0531. The van der Waals surface area contributed by atoms with Gasteiger partial charge in [0.25, 0.3) is 0 Å². The number of ketones is 2. The summed E-state index contributed by atoms with van der Waals surface area (Å²) in [5.41, 5.74) is -1.49. The third kappa shape index (κ3) is 15.9. The smallest absolute Gasteiger partial charge is 0.306 e. The lowest BCUT2D eigenvalue weighted by atomic mass is 9.75. The maximum Gasteiger partial charge on any atom is 0.306 e. The van der Waals surface area contributed by atoms with E-state index in [0.29, 0.717) is 6.42 Å². The largest absolute Gasteiger partial charge is 0.507 e. The maximum absolute atomic E-state index is 15.1. The van der Waals surface area contributed by atoms with Crippen molar-refractivity contribution < 1.29 is 122 Å². The normalized spacial score (nSPS) is 38.6. The lowest BCUT2D eigenvalue weighted by Gasteiger charge is -2.46. The van der Waals surface area contributed by atoms with E-state index in [9.17, 15) is 60.7 Å². The Morgan fingerprint density at radius 3 is 1.69 bits per heavy atom. The number of hydrogen-bond acceptors (Lipinski definition) is 25. The van der Waals surface area contributed by atoms with Crippen LogP contribution in [0.2, 0.25) is 0 Å². The Morgan fingerprint density at radius 2 is 1.15 bits per heavy atom. The number of phenolic OH excluding ortho intramolecular Hbond substituents is 2. The van der Waals surface area contributed by atoms with Crippen molar-refractivity contribution in [1.29, 1.82) is 0 Å². The number of benzene rings is 2. The predicted octanol–water partition coefficient (Wildman–Crippen LogP) is 3.44. The van der Waals surface area contributed by atoms with E-state index in [4.69, 9.17) is 56.8 Å². The van der Waals surface area contributed by atoms with Gasteiger partial charge in [0.05, 0.1) is 71.5 Å². The van der Waals surface area contributed by atoms with Gasteiger partial charge in [-0.05, 0) is 91.3 Å². The van der Waals surface area contributed by atoms with E-state index in [1.54, 1.807) is 34.6 Å². The van der Waals surface area contributed by atoms with Crippen molar-refractivity contribution in [2.24, 2.45) is 5.92 Å². The Balaban J connectivity index is 0.991. The number of hydrogen-bond donors (Lipinski definition) is 10. The van der Waals surface area contributed by atoms with Gasteiger partial charge in [-0.3, -0.25) is 14.4 Å². The van der Waals surface area contributed by atoms with Crippen LogP contribution in [0.4, 0.5) is 0 Å². The van der Waals surface area contributed by atoms with Gasteiger partial charge in [0, 0.05) is 57.1 Å². The summed E-state index contributed by atoms with van der Waals surface area (Å²) in [6.45, 7) is 14.3. The molecule has 8 rings (SSSR count). The first-order valence-corrected chi connectivity index (χ1v) is 31.0. The van der Waals surface area contributed by atoms with E-state index in [2.05, 4.69) is 6.92 Å². The van der Waals surface area contributed by atoms with Gasteiger partial charge in [0.15, 0.2) is 36.7 Å². The molecule has 0 spiro atoms. The Morgan fingerprint density at radius 1 is 0.667 bits per heavy atom. The van der Waals surface area contributed by atoms with Crippen LogP contribution in [-0.2, 0) is 68.1 Å². The number of ether oxygens (including phenoxy) is 12. The van der Waals surface area contributed by atoms with Gasteiger partial charge in [-0.25, -0.2) is 0 Å². The summed E-state index contributed by atoms with van der Waals surface area (Å²) in [6.07, 6.45) is -19.7. The molecule has 0 amide bonds. The van der Waals surface area contributed by atoms with E-state index in [0.717, 1.165) is 32.1 Å². The third-order valence-corrected chi connectivity index (χ3v) is 18.1. The summed E-state index contributed by atoms with van der Waals surface area (Å²) >= 11 is 0. The van der Waals surface area contributed by atoms with Gasteiger partial charge in [0.1, 0.15) is 72.2 Å². The minimum Gasteiger partial charge on any atom is -0.507 e. The highest BCUT2D eigenvalue weighted by molar-refractivity contribution is 6.11. The van der Waals surface area contributed by atoms with Crippen molar-refractivity contribution in [3.63, 3.8) is 0 Å². The van der Waals surface area contributed by atoms with Crippen LogP contribution >= 0.6 is 0 Å². The molecule has 5 heterocycles. The molecule has 87 heavy (non-hydrogen) atoms. The fourth-order valence-electron chi connectivity index (χ4n) is 12.9. The second kappa shape index (κ2) is 29.6. The topological polar surface area (TPSA) is 364 Å². The van der Waals surface area contributed by atoms with E-state index in [1.165, 1.54) is 46.4 Å². The first-order chi connectivity index (χ1) is 41.1. The number of carbonyl (C=O) groups is 3. The molecule has 5 fully saturated rings. The number of unbranched alkanes of at least 4 members (excludes halogenated alkanes) is 6. The zero-order valence-electron chi connectivity index (χ0n) is 51.5. The second-order valence-electron chi connectivity index (χ2n) is 25.0. The molecule has 0 aromatic heterocycles. The predicted molar refractivity (Wildman–Crippen MR) is 305 cm³/mol. The van der Waals surface area contributed by atoms with Crippen molar-refractivity contribution in [3.8, 4) is 17.2 Å². The first-order valence-electron chi connectivity index (χ1n) is 31.0. The molecular weight excluding hydrogens is 1140 g/mol. The molecule has 2 aromatic carbocycles. The van der Waals surface area contributed by atoms with E-state index < -0.39 is 182 Å². The molecule has 1 aliphatic carbocycles. The number of Topliss-reactive ketones (excluding diaryl/α,β-unsaturated/α-hetero) is 2. The molecule has 2 aromatic rings. The molecule has 0 saturated carbocycles. The van der Waals surface area contributed by atoms with Crippen LogP contribution in [0.3, 0.4) is 0 Å². The van der Waals surface area contributed by atoms with Gasteiger partial charge in [-0.1, -0.05) is 45.4 Å². The number of aliphatic hydroxyl groups is 8. The number of methoxy groups -OCH3 is 1. The summed E-state index contributed by atoms with van der Waals surface area (Å²) in [4.78, 5) is 42.0. The van der Waals surface area contributed by atoms with Crippen LogP contribution in [0.5, 0.6) is 17.2 Å². The Labute approximate surface area is 507 Å². The number of esters is 1. The number of aromatic hydroxyl groups is 2. The lowest BCUT2D eigenvalue weighted by Crippen LogP contribution is -2.58. The number of phenols is 2. The Bertz CT molecular complexity index is 2630. The first kappa shape index (κ1) is 69.1. The van der Waals surface area contributed by atoms with Crippen LogP contribution < -0.4 is 4.74 Å². The van der Waals surface area contributed by atoms with Crippen molar-refractivity contribution >= 4 is 28.3 Å². The molecule has 25 nitrogen and oxygen atoms in total. The van der Waals surface area contributed by atoms with Crippen LogP contribution in [0.1, 0.15) is 160 Å². The van der Waals surface area contributed by atoms with Crippen LogP contribution in [-0.4, -0.2) is 223 Å². The van der Waals surface area contributed by atoms with Crippen molar-refractivity contribution in [2.75, 3.05) is 7.11 Å². The molecule has 492 valence electrons. The molecule has 5 aliphatic heterocycles. The van der Waals surface area contributed by atoms with Crippen molar-refractivity contribution in [2.45, 2.75) is 299 Å². The summed E-state index contributed by atoms with van der Waals surface area (Å²) in [5.74, 6) is -4.54. The van der Waals surface area contributed by atoms with Crippen LogP contribution in [0.15, 0.2) is 12.1 Å². The minimum absolute atomic E-state index is 0.00732. The molecule has 5 saturated heterocycles. The SMILES string of the molecule is CCCCCCCCCC(=O)O[C@@H]1C[C@H](O[C@@H]2C[C@H](Oc3cc4cc5c(c(O)c4c(O)c3C)C(=O)[C@@H](O[C@H]3C[C@@H](O[C@H]4C[C@@H](O[C@H]6C[C@](C)(O)[C@H](O)C(C)O6)[C@@H](O)C(C)O4)[C@H](O)C(C)O3)[C@H]([C@H](OC)C(=O)[C@@H](O)[C@@H](C)O)C5)OC(C)[C@H]2O)OC(C)[C@H]1O. The van der Waals surface area contributed by atoms with E-state index in [-0.39, 0.29) is 78.2 Å². The molecule has 0 radical (unpaired) electrons. The highest BCUT2D eigenvalue weighted by atomic mass is 16.7. The lowest BCUT2D eigenvalue weighted by molar-refractivity contribution is -0.334. The zero-order valence-corrected chi connectivity index (χ0v) is 51.5. The van der Waals surface area contributed by atoms with Gasteiger partial charge in [-0.2, -0.15) is 0 Å². The van der Waals surface area contributed by atoms with Gasteiger partial charge in [0.2, 0.25) is 6.29 Å². The summed E-state index contributed by atoms with van der Waals surface area (Å²) in [7, 11) is 1.18. The standard InChI is InChI=1S/C62H94O25/c1-11-12-13-14-15-16-17-18-42(64)82-38-22-44(78-29(4)52(38)67)84-39-23-43(77-30(5)53(39)68)83-37-21-35-19-34-20-36(59(76-10)58(73)51(66)28(3)63)60(57(72)49(34)56(71)48(35)50(65)27(37)2)87-46-25-40(54(69)32(7)80-46)85-45-24-41(55(70)31(6)79-45)86-47-26-62(9,75)61(74)33(8)81-47/h19,21,28-33,36,38-41,43-47,51-55,59-61,63,65-71,74-75H,11-18,20,22-26H2,1-10H3/t28-,29?,30?,31?,32?,33?,36+,38-,39-,40-,41-,43+,44+,45+,46+,47+,51+,52-,53-,54-,55+,59+,60+,61-,62+/m1/s1. The average Bonchev–Trinajstić information content (AvgIpc) is 0.919. The van der Waals surface area contributed by atoms with Crippen LogP contribution in [0, 0.1) is 12.8 Å².